The van der Waals surface area contributed by atoms with E-state index in [1.165, 1.54) is 32.5 Å². The van der Waals surface area contributed by atoms with Crippen LogP contribution < -0.4 is 5.32 Å². The molecule has 3 aromatic heterocycles. The van der Waals surface area contributed by atoms with Gasteiger partial charge in [0.1, 0.15) is 5.01 Å². The molecule has 210 valence electrons. The minimum atomic E-state index is -0.107. The molecule has 3 aromatic carbocycles. The topological polar surface area (TPSA) is 72.7 Å². The predicted molar refractivity (Wildman–Crippen MR) is 178 cm³/mol. The number of rotatable bonds is 9. The molecule has 0 saturated heterocycles. The first kappa shape index (κ1) is 28.1. The average Bonchev–Trinajstić information content (AvgIpc) is 3.69. The van der Waals surface area contributed by atoms with Crippen molar-refractivity contribution in [2.24, 2.45) is 0 Å². The molecule has 0 radical (unpaired) electrons. The molecule has 0 bridgehead atoms. The third-order valence-electron chi connectivity index (χ3n) is 6.88. The van der Waals surface area contributed by atoms with Gasteiger partial charge in [0.2, 0.25) is 5.91 Å². The maximum Gasteiger partial charge on any atom is 0.234 e. The van der Waals surface area contributed by atoms with Gasteiger partial charge in [-0.1, -0.05) is 53.7 Å². The summed E-state index contributed by atoms with van der Waals surface area (Å²) in [6, 6.07) is 22.7. The Kier molecular flexibility index (Phi) is 8.06. The molecule has 6 rings (SSSR count). The van der Waals surface area contributed by atoms with Crippen LogP contribution in [0.4, 0.5) is 5.69 Å². The van der Waals surface area contributed by atoms with Gasteiger partial charge in [-0.3, -0.25) is 9.36 Å². The van der Waals surface area contributed by atoms with Crippen LogP contribution in [0.5, 0.6) is 0 Å². The third-order valence-corrected chi connectivity index (χ3v) is 9.82. The maximum absolute atomic E-state index is 12.9. The Balaban J connectivity index is 1.15. The van der Waals surface area contributed by atoms with Crippen molar-refractivity contribution in [2.75, 3.05) is 11.1 Å². The number of allylic oxidation sites excluding steroid dienone is 1. The van der Waals surface area contributed by atoms with Crippen molar-refractivity contribution in [2.45, 2.75) is 32.5 Å². The standard InChI is InChI=1S/C33H29N5OS3/c1-5-16-38-31(26-18-40-22(4)30(26)23-9-6-20(2)7-10-23)36-37-33(38)41-19-29(39)34-25-13-11-24(12-14-25)32-35-27-15-8-21(3)17-28(27)42-32/h5-15,17-18H,1,16,19H2,2-4H3,(H,34,39). The molecule has 0 unspecified atom stereocenters. The lowest BCUT2D eigenvalue weighted by atomic mass is 10.0. The first-order valence-electron chi connectivity index (χ1n) is 13.5. The Morgan fingerprint density at radius 2 is 1.71 bits per heavy atom. The van der Waals surface area contributed by atoms with Crippen LogP contribution in [0.25, 0.3) is 43.3 Å². The molecule has 6 nitrogen and oxygen atoms in total. The van der Waals surface area contributed by atoms with Crippen LogP contribution in [-0.2, 0) is 11.3 Å². The van der Waals surface area contributed by atoms with E-state index in [9.17, 15) is 4.79 Å². The summed E-state index contributed by atoms with van der Waals surface area (Å²) in [6.07, 6.45) is 1.83. The highest BCUT2D eigenvalue weighted by Crippen LogP contribution is 2.39. The quantitative estimate of drug-likeness (QED) is 0.131. The van der Waals surface area contributed by atoms with E-state index < -0.39 is 0 Å². The minimum absolute atomic E-state index is 0.107. The number of hydrogen-bond donors (Lipinski definition) is 1. The Labute approximate surface area is 257 Å². The van der Waals surface area contributed by atoms with Crippen LogP contribution in [-0.4, -0.2) is 31.4 Å². The van der Waals surface area contributed by atoms with Crippen LogP contribution in [0.2, 0.25) is 0 Å². The van der Waals surface area contributed by atoms with Gasteiger partial charge in [0, 0.05) is 39.2 Å². The molecule has 42 heavy (non-hydrogen) atoms. The molecule has 0 aliphatic rings. The van der Waals surface area contributed by atoms with Crippen LogP contribution in [0.15, 0.2) is 89.9 Å². The summed E-state index contributed by atoms with van der Waals surface area (Å²) < 4.78 is 3.20. The normalized spacial score (nSPS) is 11.2. The number of thiazole rings is 1. The number of thioether (sulfide) groups is 1. The van der Waals surface area contributed by atoms with Gasteiger partial charge in [-0.15, -0.1) is 39.4 Å². The van der Waals surface area contributed by atoms with E-state index in [1.54, 1.807) is 22.7 Å². The van der Waals surface area contributed by atoms with Crippen molar-refractivity contribution in [3.05, 3.63) is 101 Å². The van der Waals surface area contributed by atoms with Gasteiger partial charge in [-0.05, 0) is 68.3 Å². The second-order valence-electron chi connectivity index (χ2n) is 10.1. The number of nitrogens with zero attached hydrogens (tertiary/aromatic N) is 4. The summed E-state index contributed by atoms with van der Waals surface area (Å²) >= 11 is 4.74. The highest BCUT2D eigenvalue weighted by molar-refractivity contribution is 7.99. The molecule has 1 amide bonds. The second-order valence-corrected chi connectivity index (χ2v) is 13.1. The Bertz CT molecular complexity index is 1900. The molecule has 0 aliphatic carbocycles. The van der Waals surface area contributed by atoms with Gasteiger partial charge >= 0.3 is 0 Å². The molecule has 6 aromatic rings. The molecular formula is C33H29N5OS3. The van der Waals surface area contributed by atoms with Crippen LogP contribution >= 0.6 is 34.4 Å². The Morgan fingerprint density at radius 1 is 0.976 bits per heavy atom. The lowest BCUT2D eigenvalue weighted by molar-refractivity contribution is -0.113. The number of fused-ring (bicyclic) bond motifs is 1. The summed E-state index contributed by atoms with van der Waals surface area (Å²) in [5, 5.41) is 15.8. The summed E-state index contributed by atoms with van der Waals surface area (Å²) in [4.78, 5) is 18.9. The van der Waals surface area contributed by atoms with Gasteiger partial charge in [0.15, 0.2) is 11.0 Å². The molecular weight excluding hydrogens is 579 g/mol. The highest BCUT2D eigenvalue weighted by atomic mass is 32.2. The largest absolute Gasteiger partial charge is 0.325 e. The van der Waals surface area contributed by atoms with Gasteiger partial charge in [0.05, 0.1) is 16.0 Å². The fraction of sp³-hybridized carbons (Fsp3) is 0.152. The van der Waals surface area contributed by atoms with Gasteiger partial charge in [0.25, 0.3) is 0 Å². The van der Waals surface area contributed by atoms with Crippen molar-refractivity contribution in [3.63, 3.8) is 0 Å². The molecule has 0 saturated carbocycles. The van der Waals surface area contributed by atoms with Gasteiger partial charge < -0.3 is 5.32 Å². The predicted octanol–water partition coefficient (Wildman–Crippen LogP) is 8.79. The first-order chi connectivity index (χ1) is 20.4. The number of amides is 1. The number of thiophene rings is 1. The average molecular weight is 608 g/mol. The first-order valence-corrected chi connectivity index (χ1v) is 16.2. The van der Waals surface area contributed by atoms with E-state index in [-0.39, 0.29) is 11.7 Å². The number of aromatic nitrogens is 4. The molecule has 3 heterocycles. The number of nitrogens with one attached hydrogen (secondary N) is 1. The lowest BCUT2D eigenvalue weighted by Crippen LogP contribution is -2.14. The zero-order valence-corrected chi connectivity index (χ0v) is 26.0. The summed E-state index contributed by atoms with van der Waals surface area (Å²) in [6.45, 7) is 10.8. The van der Waals surface area contributed by atoms with Crippen LogP contribution in [0.1, 0.15) is 16.0 Å². The number of benzene rings is 3. The monoisotopic (exact) mass is 607 g/mol. The van der Waals surface area contributed by atoms with E-state index in [2.05, 4.69) is 90.7 Å². The number of aryl methyl sites for hydroxylation is 3. The van der Waals surface area contributed by atoms with Gasteiger partial charge in [-0.2, -0.15) is 0 Å². The molecule has 9 heteroatoms. The number of hydrogen-bond acceptors (Lipinski definition) is 7. The zero-order valence-electron chi connectivity index (χ0n) is 23.5. The molecule has 1 N–H and O–H groups in total. The van der Waals surface area contributed by atoms with E-state index in [0.29, 0.717) is 11.7 Å². The van der Waals surface area contributed by atoms with E-state index in [0.717, 1.165) is 44.3 Å². The van der Waals surface area contributed by atoms with Crippen LogP contribution in [0.3, 0.4) is 0 Å². The van der Waals surface area contributed by atoms with Gasteiger partial charge in [-0.25, -0.2) is 4.98 Å². The van der Waals surface area contributed by atoms with Crippen molar-refractivity contribution < 1.29 is 4.79 Å². The van der Waals surface area contributed by atoms with Crippen molar-refractivity contribution >= 4 is 56.2 Å². The third kappa shape index (κ3) is 5.81. The summed E-state index contributed by atoms with van der Waals surface area (Å²) in [7, 11) is 0. The Hall–Kier alpha value is -4.05. The molecule has 0 spiro atoms. The molecule has 0 aliphatic heterocycles. The lowest BCUT2D eigenvalue weighted by Gasteiger charge is -2.10. The van der Waals surface area contributed by atoms with E-state index in [1.807, 2.05) is 34.9 Å². The van der Waals surface area contributed by atoms with Crippen LogP contribution in [0, 0.1) is 20.8 Å². The summed E-state index contributed by atoms with van der Waals surface area (Å²) in [5.41, 5.74) is 8.57. The Morgan fingerprint density at radius 3 is 2.48 bits per heavy atom. The van der Waals surface area contributed by atoms with Crippen molar-refractivity contribution in [1.82, 2.24) is 19.7 Å². The minimum Gasteiger partial charge on any atom is -0.325 e. The fourth-order valence-electron chi connectivity index (χ4n) is 4.77. The molecule has 0 fully saturated rings. The van der Waals surface area contributed by atoms with E-state index >= 15 is 0 Å². The summed E-state index contributed by atoms with van der Waals surface area (Å²) in [5.74, 6) is 0.879. The fourth-order valence-corrected chi connectivity index (χ4v) is 7.45. The SMILES string of the molecule is C=CCn1c(SCC(=O)Nc2ccc(-c3nc4ccc(C)cc4s3)cc2)nnc1-c1csc(C)c1-c1ccc(C)cc1. The number of anilines is 1. The number of carbonyl (C=O) groups excluding carboxylic acids is 1. The van der Waals surface area contributed by atoms with E-state index in [4.69, 9.17) is 4.98 Å². The maximum atomic E-state index is 12.9. The molecule has 0 atom stereocenters. The second kappa shape index (κ2) is 12.1. The van der Waals surface area contributed by atoms with Crippen molar-refractivity contribution in [1.29, 1.82) is 0 Å². The van der Waals surface area contributed by atoms with Crippen molar-refractivity contribution in [3.8, 4) is 33.1 Å². The number of carbonyl (C=O) groups is 1. The highest BCUT2D eigenvalue weighted by Gasteiger charge is 2.21. The smallest absolute Gasteiger partial charge is 0.234 e. The zero-order chi connectivity index (χ0) is 29.2.